The quantitative estimate of drug-likeness (QED) is 0.208. The number of carboxylic acids is 1. The fourth-order valence-electron chi connectivity index (χ4n) is 5.53. The van der Waals surface area contributed by atoms with E-state index in [1.807, 2.05) is 0 Å². The van der Waals surface area contributed by atoms with Crippen LogP contribution in [0.15, 0.2) is 0 Å². The summed E-state index contributed by atoms with van der Waals surface area (Å²) < 4.78 is 0. The van der Waals surface area contributed by atoms with E-state index >= 15 is 0 Å². The zero-order valence-corrected chi connectivity index (χ0v) is 20.1. The molecule has 1 N–H and O–H groups in total. The van der Waals surface area contributed by atoms with Crippen LogP contribution in [0.3, 0.4) is 0 Å². The van der Waals surface area contributed by atoms with Gasteiger partial charge in [-0.3, -0.25) is 4.79 Å². The van der Waals surface area contributed by atoms with Crippen LogP contribution < -0.4 is 0 Å². The molecule has 0 unspecified atom stereocenters. The van der Waals surface area contributed by atoms with Crippen LogP contribution in [0.5, 0.6) is 0 Å². The second-order valence-electron chi connectivity index (χ2n) is 9.07. The van der Waals surface area contributed by atoms with E-state index in [9.17, 15) is 9.90 Å². The van der Waals surface area contributed by atoms with Crippen molar-refractivity contribution >= 4 is 5.97 Å². The first kappa shape index (κ1) is 27.5. The van der Waals surface area contributed by atoms with Gasteiger partial charge in [0.2, 0.25) is 0 Å². The van der Waals surface area contributed by atoms with Gasteiger partial charge in [0, 0.05) is 0 Å². The van der Waals surface area contributed by atoms with Crippen LogP contribution in [0.2, 0.25) is 0 Å². The van der Waals surface area contributed by atoms with E-state index in [-0.39, 0.29) is 5.41 Å². The largest absolute Gasteiger partial charge is 0.481 e. The smallest absolute Gasteiger partial charge is 0.310 e. The van der Waals surface area contributed by atoms with E-state index in [2.05, 4.69) is 34.6 Å². The van der Waals surface area contributed by atoms with Crippen LogP contribution in [-0.2, 0) is 4.79 Å². The Labute approximate surface area is 177 Å². The molecule has 168 valence electrons. The number of unbranched alkanes of at least 4 members (excludes halogenated alkanes) is 12. The van der Waals surface area contributed by atoms with E-state index < -0.39 is 11.4 Å². The van der Waals surface area contributed by atoms with Gasteiger partial charge in [-0.1, -0.05) is 118 Å². The Morgan fingerprint density at radius 3 is 1.21 bits per heavy atom. The standard InChI is InChI=1S/C26H52O2/c1-6-11-12-13-14-15-16-17-18-19-20-21-22-23-25(7-2,8-3)26(9-4,10-5)24(27)28/h6-23H2,1-5H3,(H,27,28). The van der Waals surface area contributed by atoms with Gasteiger partial charge in [-0.25, -0.2) is 0 Å². The first-order valence-electron chi connectivity index (χ1n) is 12.7. The van der Waals surface area contributed by atoms with E-state index in [1.54, 1.807) is 0 Å². The summed E-state index contributed by atoms with van der Waals surface area (Å²) in [7, 11) is 0. The monoisotopic (exact) mass is 396 g/mol. The SMILES string of the molecule is CCCCCCCCCCCCCCCC(CC)(CC)C(CC)(CC)C(=O)O. The molecule has 0 radical (unpaired) electrons. The highest BCUT2D eigenvalue weighted by molar-refractivity contribution is 5.75. The summed E-state index contributed by atoms with van der Waals surface area (Å²) >= 11 is 0. The maximum atomic E-state index is 12.2. The van der Waals surface area contributed by atoms with E-state index in [1.165, 1.54) is 83.5 Å². The van der Waals surface area contributed by atoms with E-state index in [0.717, 1.165) is 32.1 Å². The third-order valence-corrected chi connectivity index (χ3v) is 7.74. The van der Waals surface area contributed by atoms with Crippen LogP contribution in [0, 0.1) is 10.8 Å². The highest BCUT2D eigenvalue weighted by atomic mass is 16.4. The van der Waals surface area contributed by atoms with Crippen LogP contribution in [0.1, 0.15) is 150 Å². The predicted octanol–water partition coefficient (Wildman–Crippen LogP) is 9.17. The molecular formula is C26H52O2. The Bertz CT molecular complexity index is 367. The van der Waals surface area contributed by atoms with Gasteiger partial charge in [0.15, 0.2) is 0 Å². The molecular weight excluding hydrogens is 344 g/mol. The topological polar surface area (TPSA) is 37.3 Å². The lowest BCUT2D eigenvalue weighted by Crippen LogP contribution is -2.46. The molecule has 0 aromatic rings. The molecule has 0 saturated carbocycles. The number of hydrogen-bond donors (Lipinski definition) is 1. The maximum absolute atomic E-state index is 12.2. The van der Waals surface area contributed by atoms with E-state index in [4.69, 9.17) is 0 Å². The lowest BCUT2D eigenvalue weighted by atomic mass is 9.55. The number of hydrogen-bond acceptors (Lipinski definition) is 1. The summed E-state index contributed by atoms with van der Waals surface area (Å²) in [6, 6.07) is 0. The van der Waals surface area contributed by atoms with Gasteiger partial charge in [-0.15, -0.1) is 0 Å². The van der Waals surface area contributed by atoms with Crippen molar-refractivity contribution in [2.75, 3.05) is 0 Å². The Morgan fingerprint density at radius 1 is 0.571 bits per heavy atom. The molecule has 0 saturated heterocycles. The van der Waals surface area contributed by atoms with Gasteiger partial charge in [-0.05, 0) is 37.5 Å². The lowest BCUT2D eigenvalue weighted by molar-refractivity contribution is -0.161. The number of carboxylic acid groups (broad SMARTS) is 1. The molecule has 0 spiro atoms. The molecule has 0 aliphatic heterocycles. The van der Waals surface area contributed by atoms with Crippen molar-refractivity contribution in [2.24, 2.45) is 10.8 Å². The predicted molar refractivity (Wildman–Crippen MR) is 124 cm³/mol. The average Bonchev–Trinajstić information content (AvgIpc) is 2.70. The van der Waals surface area contributed by atoms with Gasteiger partial charge < -0.3 is 5.11 Å². The first-order chi connectivity index (χ1) is 13.5. The van der Waals surface area contributed by atoms with Crippen LogP contribution >= 0.6 is 0 Å². The maximum Gasteiger partial charge on any atom is 0.310 e. The van der Waals surface area contributed by atoms with Gasteiger partial charge >= 0.3 is 5.97 Å². The summed E-state index contributed by atoms with van der Waals surface area (Å²) in [5.41, 5.74) is -0.590. The normalized spacial score (nSPS) is 12.5. The average molecular weight is 397 g/mol. The van der Waals surface area contributed by atoms with Crippen LogP contribution in [-0.4, -0.2) is 11.1 Å². The van der Waals surface area contributed by atoms with Gasteiger partial charge in [0.1, 0.15) is 0 Å². The molecule has 0 aromatic carbocycles. The second kappa shape index (κ2) is 16.3. The summed E-state index contributed by atoms with van der Waals surface area (Å²) in [4.78, 5) is 12.2. The van der Waals surface area contributed by atoms with Crippen molar-refractivity contribution in [3.63, 3.8) is 0 Å². The van der Waals surface area contributed by atoms with E-state index in [0.29, 0.717) is 0 Å². The minimum Gasteiger partial charge on any atom is -0.481 e. The van der Waals surface area contributed by atoms with Crippen molar-refractivity contribution in [2.45, 2.75) is 150 Å². The van der Waals surface area contributed by atoms with Crippen molar-refractivity contribution < 1.29 is 9.90 Å². The van der Waals surface area contributed by atoms with Gasteiger partial charge in [-0.2, -0.15) is 0 Å². The molecule has 0 amide bonds. The summed E-state index contributed by atoms with van der Waals surface area (Å²) in [5.74, 6) is -0.573. The molecule has 2 nitrogen and oxygen atoms in total. The Hall–Kier alpha value is -0.530. The highest BCUT2D eigenvalue weighted by Gasteiger charge is 2.51. The minimum atomic E-state index is -0.573. The third-order valence-electron chi connectivity index (χ3n) is 7.74. The molecule has 2 heteroatoms. The molecule has 0 aliphatic rings. The molecule has 0 rings (SSSR count). The molecule has 0 fully saturated rings. The lowest BCUT2D eigenvalue weighted by Gasteiger charge is -2.47. The van der Waals surface area contributed by atoms with Crippen molar-refractivity contribution in [3.05, 3.63) is 0 Å². The molecule has 28 heavy (non-hydrogen) atoms. The zero-order chi connectivity index (χ0) is 21.3. The van der Waals surface area contributed by atoms with Crippen molar-refractivity contribution in [1.29, 1.82) is 0 Å². The van der Waals surface area contributed by atoms with Crippen LogP contribution in [0.25, 0.3) is 0 Å². The molecule has 0 atom stereocenters. The number of rotatable bonds is 20. The van der Waals surface area contributed by atoms with Crippen LogP contribution in [0.4, 0.5) is 0 Å². The highest BCUT2D eigenvalue weighted by Crippen LogP contribution is 2.53. The molecule has 0 aliphatic carbocycles. The molecule has 0 bridgehead atoms. The summed E-state index contributed by atoms with van der Waals surface area (Å²) in [5, 5.41) is 10.0. The summed E-state index contributed by atoms with van der Waals surface area (Å²) in [6.45, 7) is 10.8. The first-order valence-corrected chi connectivity index (χ1v) is 12.7. The third kappa shape index (κ3) is 8.46. The minimum absolute atomic E-state index is 0.0416. The van der Waals surface area contributed by atoms with Gasteiger partial charge in [0.05, 0.1) is 5.41 Å². The van der Waals surface area contributed by atoms with Crippen molar-refractivity contribution in [3.8, 4) is 0 Å². The Morgan fingerprint density at radius 2 is 0.929 bits per heavy atom. The fourth-order valence-corrected chi connectivity index (χ4v) is 5.53. The molecule has 0 aromatic heterocycles. The molecule has 0 heterocycles. The number of aliphatic carboxylic acids is 1. The fraction of sp³-hybridized carbons (Fsp3) is 0.962. The zero-order valence-electron chi connectivity index (χ0n) is 20.1. The Kier molecular flexibility index (Phi) is 16.0. The summed E-state index contributed by atoms with van der Waals surface area (Å²) in [6.07, 6.45) is 22.3. The van der Waals surface area contributed by atoms with Gasteiger partial charge in [0.25, 0.3) is 0 Å². The Balaban J connectivity index is 4.07. The van der Waals surface area contributed by atoms with Crippen molar-refractivity contribution in [1.82, 2.24) is 0 Å². The number of carbonyl (C=O) groups is 1. The second-order valence-corrected chi connectivity index (χ2v) is 9.07.